The predicted octanol–water partition coefficient (Wildman–Crippen LogP) is 23.8. The lowest BCUT2D eigenvalue weighted by molar-refractivity contribution is 0.232. The maximum absolute atomic E-state index is 6.97. The fourth-order valence-electron chi connectivity index (χ4n) is 11.3. The van der Waals surface area contributed by atoms with E-state index in [1.165, 1.54) is 116 Å². The lowest BCUT2D eigenvalue weighted by Crippen LogP contribution is -2.11. The van der Waals surface area contributed by atoms with Crippen molar-refractivity contribution < 1.29 is 37.9 Å². The zero-order valence-corrected chi connectivity index (χ0v) is 59.7. The molecular weight excluding hydrogens is 1110 g/mol. The number of benzene rings is 4. The summed E-state index contributed by atoms with van der Waals surface area (Å²) < 4.78 is 52.8. The fourth-order valence-corrected chi connectivity index (χ4v) is 11.3. The van der Waals surface area contributed by atoms with Gasteiger partial charge in [-0.25, -0.2) is 0 Å². The number of ether oxygens (including phenoxy) is 8. The van der Waals surface area contributed by atoms with E-state index in [1.807, 2.05) is 24.3 Å². The Morgan fingerprint density at radius 2 is 0.467 bits per heavy atom. The van der Waals surface area contributed by atoms with Crippen molar-refractivity contribution in [2.24, 2.45) is 41.2 Å². The second-order valence-corrected chi connectivity index (χ2v) is 28.7. The van der Waals surface area contributed by atoms with Gasteiger partial charge < -0.3 is 43.6 Å². The smallest absolute Gasteiger partial charge is 0.203 e. The van der Waals surface area contributed by atoms with E-state index in [4.69, 9.17) is 43.6 Å². The van der Waals surface area contributed by atoms with Crippen LogP contribution in [0.1, 0.15) is 304 Å². The average Bonchev–Trinajstić information content (AvgIpc) is 1.18. The number of nitrogens with two attached hydrogens (primary N) is 1. The summed E-state index contributed by atoms with van der Waals surface area (Å²) in [5.74, 6) is 10.4. The SMILES string of the molecule is CC(C)CCCCCCOc1cc(COc2ccc(C(N)c3ccc(OCc4cc(OCCCCCCC(C)C)c(OCCCCCCC(C)C)c(OCCCCCCC(C)C)c4)cc3)cc2)cc(OCCCCCCC(C)C)c1OCCCCCCC(C)C. The van der Waals surface area contributed by atoms with Crippen LogP contribution >= 0.6 is 0 Å². The van der Waals surface area contributed by atoms with Crippen LogP contribution in [0.3, 0.4) is 0 Å². The third kappa shape index (κ3) is 35.9. The molecule has 9 heteroatoms. The zero-order valence-electron chi connectivity index (χ0n) is 59.7. The maximum Gasteiger partial charge on any atom is 0.203 e. The lowest BCUT2D eigenvalue weighted by Gasteiger charge is -2.19. The van der Waals surface area contributed by atoms with Crippen LogP contribution < -0.4 is 43.6 Å². The molecule has 4 aromatic carbocycles. The van der Waals surface area contributed by atoms with E-state index < -0.39 is 0 Å². The molecule has 0 unspecified atom stereocenters. The largest absolute Gasteiger partial charge is 0.490 e. The highest BCUT2D eigenvalue weighted by molar-refractivity contribution is 5.55. The molecule has 0 spiro atoms. The fraction of sp³-hybridized carbons (Fsp3) is 0.704. The van der Waals surface area contributed by atoms with Crippen molar-refractivity contribution >= 4 is 0 Å². The van der Waals surface area contributed by atoms with Crippen molar-refractivity contribution in [2.45, 2.75) is 295 Å². The molecule has 0 heterocycles. The van der Waals surface area contributed by atoms with Crippen molar-refractivity contribution in [3.8, 4) is 46.0 Å². The van der Waals surface area contributed by atoms with E-state index in [0.717, 1.165) is 181 Å². The molecule has 0 radical (unpaired) electrons. The molecule has 4 rings (SSSR count). The van der Waals surface area contributed by atoms with E-state index in [1.54, 1.807) is 0 Å². The first kappa shape index (κ1) is 77.7. The zero-order chi connectivity index (χ0) is 65.0. The van der Waals surface area contributed by atoms with E-state index >= 15 is 0 Å². The van der Waals surface area contributed by atoms with Crippen molar-refractivity contribution in [1.29, 1.82) is 0 Å². The molecular formula is C81H133NO8. The van der Waals surface area contributed by atoms with Crippen molar-refractivity contribution in [3.63, 3.8) is 0 Å². The van der Waals surface area contributed by atoms with Gasteiger partial charge in [-0.05, 0) is 145 Å². The van der Waals surface area contributed by atoms with Crippen LogP contribution in [0.5, 0.6) is 46.0 Å². The summed E-state index contributed by atoms with van der Waals surface area (Å²) in [6.45, 7) is 32.2. The van der Waals surface area contributed by atoms with Gasteiger partial charge in [0.25, 0.3) is 0 Å². The van der Waals surface area contributed by atoms with Gasteiger partial charge >= 0.3 is 0 Å². The number of hydrogen-bond acceptors (Lipinski definition) is 9. The van der Waals surface area contributed by atoms with Crippen LogP contribution in [0.2, 0.25) is 0 Å². The Morgan fingerprint density at radius 3 is 0.689 bits per heavy atom. The normalized spacial score (nSPS) is 11.8. The van der Waals surface area contributed by atoms with Crippen LogP contribution in [0.4, 0.5) is 0 Å². The molecule has 0 aromatic heterocycles. The third-order valence-corrected chi connectivity index (χ3v) is 17.0. The molecule has 0 aliphatic rings. The van der Waals surface area contributed by atoms with Gasteiger partial charge in [-0.3, -0.25) is 0 Å². The first-order valence-corrected chi connectivity index (χ1v) is 36.9. The summed E-state index contributed by atoms with van der Waals surface area (Å²) in [4.78, 5) is 0. The summed E-state index contributed by atoms with van der Waals surface area (Å²) in [6, 6.07) is 24.4. The summed E-state index contributed by atoms with van der Waals surface area (Å²) in [7, 11) is 0. The Morgan fingerprint density at radius 1 is 0.256 bits per heavy atom. The monoisotopic (exact) mass is 1250 g/mol. The van der Waals surface area contributed by atoms with Crippen LogP contribution in [0.25, 0.3) is 0 Å². The number of rotatable bonds is 56. The van der Waals surface area contributed by atoms with Crippen LogP contribution in [-0.4, -0.2) is 39.6 Å². The van der Waals surface area contributed by atoms with E-state index in [2.05, 4.69) is 132 Å². The Kier molecular flexibility index (Phi) is 41.5. The second-order valence-electron chi connectivity index (χ2n) is 28.7. The van der Waals surface area contributed by atoms with Gasteiger partial charge in [-0.15, -0.1) is 0 Å². The van der Waals surface area contributed by atoms with Gasteiger partial charge in [0.1, 0.15) is 24.7 Å². The van der Waals surface area contributed by atoms with Gasteiger partial charge in [0, 0.05) is 0 Å². The van der Waals surface area contributed by atoms with E-state index in [0.29, 0.717) is 52.9 Å². The van der Waals surface area contributed by atoms with Crippen molar-refractivity contribution in [1.82, 2.24) is 0 Å². The van der Waals surface area contributed by atoms with Crippen LogP contribution in [0, 0.1) is 35.5 Å². The molecule has 0 aliphatic carbocycles. The maximum atomic E-state index is 6.97. The molecule has 0 aliphatic heterocycles. The first-order valence-electron chi connectivity index (χ1n) is 36.9. The highest BCUT2D eigenvalue weighted by Crippen LogP contribution is 2.42. The van der Waals surface area contributed by atoms with Crippen molar-refractivity contribution in [3.05, 3.63) is 95.1 Å². The molecule has 0 amide bonds. The van der Waals surface area contributed by atoms with E-state index in [-0.39, 0.29) is 6.04 Å². The number of hydrogen-bond donors (Lipinski definition) is 1. The summed E-state index contributed by atoms with van der Waals surface area (Å²) in [5, 5.41) is 0. The van der Waals surface area contributed by atoms with Gasteiger partial charge in [0.15, 0.2) is 23.0 Å². The molecule has 0 fully saturated rings. The molecule has 90 heavy (non-hydrogen) atoms. The molecule has 0 bridgehead atoms. The summed E-state index contributed by atoms with van der Waals surface area (Å²) in [5.41, 5.74) is 10.9. The Bertz CT molecular complexity index is 2130. The molecule has 0 atom stereocenters. The Hall–Kier alpha value is -4.76. The van der Waals surface area contributed by atoms with Gasteiger partial charge in [0.2, 0.25) is 11.5 Å². The highest BCUT2D eigenvalue weighted by Gasteiger charge is 2.20. The quantitative estimate of drug-likeness (QED) is 0.0433. The van der Waals surface area contributed by atoms with Gasteiger partial charge in [-0.1, -0.05) is 261 Å². The minimum atomic E-state index is -0.331. The molecule has 0 saturated carbocycles. The van der Waals surface area contributed by atoms with Crippen molar-refractivity contribution in [2.75, 3.05) is 39.6 Å². The number of unbranched alkanes of at least 4 members (excludes halogenated alkanes) is 18. The first-order chi connectivity index (χ1) is 43.6. The lowest BCUT2D eigenvalue weighted by atomic mass is 9.99. The summed E-state index contributed by atoms with van der Waals surface area (Å²) in [6.07, 6.45) is 35.6. The summed E-state index contributed by atoms with van der Waals surface area (Å²) >= 11 is 0. The van der Waals surface area contributed by atoms with Gasteiger partial charge in [0.05, 0.1) is 45.7 Å². The Balaban J connectivity index is 1.46. The third-order valence-electron chi connectivity index (χ3n) is 17.0. The van der Waals surface area contributed by atoms with Gasteiger partial charge in [-0.2, -0.15) is 0 Å². The van der Waals surface area contributed by atoms with Crippen LogP contribution in [-0.2, 0) is 13.2 Å². The van der Waals surface area contributed by atoms with E-state index in [9.17, 15) is 0 Å². The van der Waals surface area contributed by atoms with Crippen LogP contribution in [0.15, 0.2) is 72.8 Å². The molecule has 4 aromatic rings. The Labute approximate surface area is 552 Å². The molecule has 510 valence electrons. The minimum absolute atomic E-state index is 0.331. The molecule has 9 nitrogen and oxygen atoms in total. The second kappa shape index (κ2) is 48.0. The average molecular weight is 1250 g/mol. The highest BCUT2D eigenvalue weighted by atomic mass is 16.5. The standard InChI is InChI=1S/C81H133NO8/c1-63(2)37-25-13-19-31-51-83-75-57-69(58-76(84-52-32-20-14-26-38-64(3)4)80(75)87-55-35-23-17-29-41-67(9)10)61-89-73-47-43-71(44-48-73)79(82)72-45-49-74(50-46-72)90-62-70-59-77(85-53-33-21-15-27-39-65(5)6)81(88-56-36-24-18-30-42-68(11)12)78(60-70)86-54-34-22-16-28-40-66(7)8/h43-50,57-60,63-68,79H,13-42,51-56,61-62,82H2,1-12H3. The molecule has 2 N–H and O–H groups in total. The predicted molar refractivity (Wildman–Crippen MR) is 381 cm³/mol. The topological polar surface area (TPSA) is 99.9 Å². The molecule has 0 saturated heterocycles. The minimum Gasteiger partial charge on any atom is -0.490 e.